The van der Waals surface area contributed by atoms with Crippen molar-refractivity contribution in [3.05, 3.63) is 60.9 Å². The summed E-state index contributed by atoms with van der Waals surface area (Å²) >= 11 is 5.99. The maximum absolute atomic E-state index is 12.6. The zero-order valence-electron chi connectivity index (χ0n) is 12.0. The lowest BCUT2D eigenvalue weighted by Crippen LogP contribution is -2.37. The molecule has 0 aliphatic rings. The van der Waals surface area contributed by atoms with Gasteiger partial charge in [-0.2, -0.15) is 0 Å². The van der Waals surface area contributed by atoms with Crippen LogP contribution in [0.3, 0.4) is 0 Å². The van der Waals surface area contributed by atoms with Crippen LogP contribution in [-0.4, -0.2) is 9.55 Å². The molecule has 0 atom stereocenters. The van der Waals surface area contributed by atoms with E-state index in [-0.39, 0.29) is 16.6 Å². The molecule has 0 saturated heterocycles. The average Bonchev–Trinajstić information content (AvgIpc) is 2.33. The summed E-state index contributed by atoms with van der Waals surface area (Å²) in [7, 11) is 0. The van der Waals surface area contributed by atoms with Gasteiger partial charge >= 0.3 is 5.69 Å². The van der Waals surface area contributed by atoms with E-state index in [1.165, 1.54) is 0 Å². The largest absolute Gasteiger partial charge is 0.334 e. The summed E-state index contributed by atoms with van der Waals surface area (Å²) in [6.07, 6.45) is 0. The van der Waals surface area contributed by atoms with E-state index in [1.807, 2.05) is 39.8 Å². The Morgan fingerprint density at radius 1 is 1.20 bits per heavy atom. The Bertz CT molecular complexity index is 772. The molecule has 0 aliphatic heterocycles. The Morgan fingerprint density at radius 2 is 1.85 bits per heavy atom. The standard InChI is InChI=1S/C15H17ClN2O2/c1-8(2)12-13(16)17-15(20)18(14(12)19)11-7-5-6-9(3)10(11)4/h5-8H,1-4H3,(H,17,20). The Labute approximate surface area is 122 Å². The van der Waals surface area contributed by atoms with E-state index >= 15 is 0 Å². The lowest BCUT2D eigenvalue weighted by Gasteiger charge is -2.14. The molecular formula is C15H17ClN2O2. The van der Waals surface area contributed by atoms with Gasteiger partial charge in [0.2, 0.25) is 0 Å². The van der Waals surface area contributed by atoms with Gasteiger partial charge in [0.05, 0.1) is 11.3 Å². The van der Waals surface area contributed by atoms with Crippen molar-refractivity contribution in [2.24, 2.45) is 0 Å². The van der Waals surface area contributed by atoms with Crippen LogP contribution in [0.1, 0.15) is 36.5 Å². The number of nitrogens with zero attached hydrogens (tertiary/aromatic N) is 1. The maximum atomic E-state index is 12.6. The summed E-state index contributed by atoms with van der Waals surface area (Å²) in [6, 6.07) is 5.53. The van der Waals surface area contributed by atoms with Crippen molar-refractivity contribution in [2.45, 2.75) is 33.6 Å². The Balaban J connectivity index is 2.89. The van der Waals surface area contributed by atoms with Crippen LogP contribution in [0.2, 0.25) is 5.15 Å². The second-order valence-electron chi connectivity index (χ2n) is 5.17. The first-order valence-corrected chi connectivity index (χ1v) is 6.83. The molecule has 0 unspecified atom stereocenters. The molecule has 0 bridgehead atoms. The number of H-pyrrole nitrogens is 1. The summed E-state index contributed by atoms with van der Waals surface area (Å²) in [6.45, 7) is 7.57. The molecule has 1 aromatic carbocycles. The van der Waals surface area contributed by atoms with Crippen molar-refractivity contribution in [3.63, 3.8) is 0 Å². The highest BCUT2D eigenvalue weighted by atomic mass is 35.5. The molecule has 0 amide bonds. The molecular weight excluding hydrogens is 276 g/mol. The van der Waals surface area contributed by atoms with Gasteiger partial charge in [-0.1, -0.05) is 37.6 Å². The van der Waals surface area contributed by atoms with Gasteiger partial charge < -0.3 is 0 Å². The summed E-state index contributed by atoms with van der Waals surface area (Å²) in [4.78, 5) is 27.2. The lowest BCUT2D eigenvalue weighted by molar-refractivity contribution is 0.775. The second-order valence-corrected chi connectivity index (χ2v) is 5.55. The molecule has 1 N–H and O–H groups in total. The van der Waals surface area contributed by atoms with Crippen LogP contribution in [0.4, 0.5) is 0 Å². The molecule has 2 rings (SSSR count). The minimum atomic E-state index is -0.516. The number of hydrogen-bond acceptors (Lipinski definition) is 2. The number of benzene rings is 1. The molecule has 20 heavy (non-hydrogen) atoms. The Morgan fingerprint density at radius 3 is 2.45 bits per heavy atom. The molecule has 5 heteroatoms. The van der Waals surface area contributed by atoms with Crippen molar-refractivity contribution >= 4 is 11.6 Å². The van der Waals surface area contributed by atoms with Crippen molar-refractivity contribution in [1.29, 1.82) is 0 Å². The van der Waals surface area contributed by atoms with Gasteiger partial charge in [-0.3, -0.25) is 9.78 Å². The summed E-state index contributed by atoms with van der Waals surface area (Å²) in [5.74, 6) is -0.0665. The molecule has 4 nitrogen and oxygen atoms in total. The van der Waals surface area contributed by atoms with Gasteiger partial charge in [-0.05, 0) is 37.0 Å². The van der Waals surface area contributed by atoms with E-state index in [0.717, 1.165) is 15.7 Å². The van der Waals surface area contributed by atoms with Crippen LogP contribution in [0.25, 0.3) is 5.69 Å². The normalized spacial score (nSPS) is 11.1. The fraction of sp³-hybridized carbons (Fsp3) is 0.333. The van der Waals surface area contributed by atoms with E-state index in [0.29, 0.717) is 11.3 Å². The first-order valence-electron chi connectivity index (χ1n) is 6.46. The van der Waals surface area contributed by atoms with E-state index in [1.54, 1.807) is 6.07 Å². The highest BCUT2D eigenvalue weighted by molar-refractivity contribution is 6.30. The Kier molecular flexibility index (Phi) is 3.86. The topological polar surface area (TPSA) is 54.9 Å². The fourth-order valence-corrected chi connectivity index (χ4v) is 2.60. The van der Waals surface area contributed by atoms with Crippen molar-refractivity contribution in [2.75, 3.05) is 0 Å². The number of halogens is 1. The predicted octanol–water partition coefficient (Wildman–Crippen LogP) is 2.92. The van der Waals surface area contributed by atoms with Gasteiger partial charge in [0.15, 0.2) is 0 Å². The Hall–Kier alpha value is -1.81. The maximum Gasteiger partial charge on any atom is 0.334 e. The number of nitrogens with one attached hydrogen (secondary N) is 1. The SMILES string of the molecule is Cc1cccc(-n2c(=O)[nH]c(Cl)c(C(C)C)c2=O)c1C. The second kappa shape index (κ2) is 5.29. The van der Waals surface area contributed by atoms with Crippen LogP contribution in [0, 0.1) is 13.8 Å². The first-order chi connectivity index (χ1) is 9.34. The van der Waals surface area contributed by atoms with Crippen molar-refractivity contribution in [3.8, 4) is 5.69 Å². The third kappa shape index (κ3) is 2.31. The van der Waals surface area contributed by atoms with Gasteiger partial charge in [0, 0.05) is 0 Å². The van der Waals surface area contributed by atoms with Crippen LogP contribution >= 0.6 is 11.6 Å². The molecule has 0 saturated carbocycles. The van der Waals surface area contributed by atoms with Gasteiger partial charge in [0.25, 0.3) is 5.56 Å². The van der Waals surface area contributed by atoms with Crippen LogP contribution in [0.15, 0.2) is 27.8 Å². The molecule has 106 valence electrons. The summed E-state index contributed by atoms with van der Waals surface area (Å²) < 4.78 is 1.16. The third-order valence-corrected chi connectivity index (χ3v) is 3.78. The fourth-order valence-electron chi connectivity index (χ4n) is 2.22. The minimum absolute atomic E-state index is 0.0665. The van der Waals surface area contributed by atoms with E-state index < -0.39 is 5.69 Å². The predicted molar refractivity (Wildman–Crippen MR) is 81.2 cm³/mol. The first kappa shape index (κ1) is 14.6. The lowest BCUT2D eigenvalue weighted by atomic mass is 10.1. The van der Waals surface area contributed by atoms with Crippen molar-refractivity contribution in [1.82, 2.24) is 9.55 Å². The van der Waals surface area contributed by atoms with E-state index in [2.05, 4.69) is 4.98 Å². The van der Waals surface area contributed by atoms with Crippen molar-refractivity contribution < 1.29 is 0 Å². The number of aromatic amines is 1. The van der Waals surface area contributed by atoms with E-state index in [4.69, 9.17) is 11.6 Å². The summed E-state index contributed by atoms with van der Waals surface area (Å²) in [5.41, 5.74) is 2.06. The average molecular weight is 293 g/mol. The van der Waals surface area contributed by atoms with Crippen LogP contribution in [-0.2, 0) is 0 Å². The summed E-state index contributed by atoms with van der Waals surface area (Å²) in [5, 5.41) is 0.122. The van der Waals surface area contributed by atoms with Crippen LogP contribution < -0.4 is 11.2 Å². The number of hydrogen-bond donors (Lipinski definition) is 1. The number of aryl methyl sites for hydroxylation is 1. The monoisotopic (exact) mass is 292 g/mol. The van der Waals surface area contributed by atoms with E-state index in [9.17, 15) is 9.59 Å². The molecule has 2 aromatic rings. The zero-order chi connectivity index (χ0) is 15.0. The minimum Gasteiger partial charge on any atom is -0.297 e. The van der Waals surface area contributed by atoms with Gasteiger partial charge in [-0.15, -0.1) is 0 Å². The number of aromatic nitrogens is 2. The van der Waals surface area contributed by atoms with Gasteiger partial charge in [0.1, 0.15) is 5.15 Å². The molecule has 0 fully saturated rings. The quantitative estimate of drug-likeness (QED) is 0.865. The third-order valence-electron chi connectivity index (χ3n) is 3.48. The zero-order valence-corrected chi connectivity index (χ0v) is 12.7. The highest BCUT2D eigenvalue weighted by Crippen LogP contribution is 2.19. The highest BCUT2D eigenvalue weighted by Gasteiger charge is 2.17. The molecule has 1 aromatic heterocycles. The molecule has 0 radical (unpaired) electrons. The molecule has 0 aliphatic carbocycles. The molecule has 0 spiro atoms. The van der Waals surface area contributed by atoms with Crippen LogP contribution in [0.5, 0.6) is 0 Å². The van der Waals surface area contributed by atoms with Gasteiger partial charge in [-0.25, -0.2) is 9.36 Å². The molecule has 1 heterocycles. The smallest absolute Gasteiger partial charge is 0.297 e. The number of rotatable bonds is 2.